The van der Waals surface area contributed by atoms with Crippen LogP contribution in [-0.4, -0.2) is 41.2 Å². The Balaban J connectivity index is 2.71. The van der Waals surface area contributed by atoms with Gasteiger partial charge >= 0.3 is 0 Å². The lowest BCUT2D eigenvalue weighted by molar-refractivity contribution is -0.138. The average Bonchev–Trinajstić information content (AvgIpc) is 2.78. The highest BCUT2D eigenvalue weighted by Crippen LogP contribution is 2.25. The number of nitrogens with one attached hydrogen (secondary N) is 1. The molecule has 6 heteroatoms. The maximum atomic E-state index is 12.3. The zero-order valence-electron chi connectivity index (χ0n) is 13.2. The zero-order chi connectivity index (χ0) is 16.0. The number of primary amides is 1. The van der Waals surface area contributed by atoms with E-state index in [-0.39, 0.29) is 11.8 Å². The van der Waals surface area contributed by atoms with Crippen LogP contribution < -0.4 is 11.1 Å². The quantitative estimate of drug-likeness (QED) is 0.694. The van der Waals surface area contributed by atoms with Crippen molar-refractivity contribution in [3.63, 3.8) is 0 Å². The summed E-state index contributed by atoms with van der Waals surface area (Å²) in [4.78, 5) is 37.3. The predicted octanol–water partition coefficient (Wildman–Crippen LogP) is 0.794. The summed E-state index contributed by atoms with van der Waals surface area (Å²) in [6.07, 6.45) is 3.54. The molecule has 3 N–H and O–H groups in total. The summed E-state index contributed by atoms with van der Waals surface area (Å²) in [6.45, 7) is 6.38. The summed E-state index contributed by atoms with van der Waals surface area (Å²) < 4.78 is 0. The molecule has 120 valence electrons. The van der Waals surface area contributed by atoms with Crippen molar-refractivity contribution in [3.8, 4) is 0 Å². The van der Waals surface area contributed by atoms with Gasteiger partial charge in [-0.2, -0.15) is 0 Å². The standard InChI is InChI=1S/C15H27N3O3/c1-4-7-10-8-13(19)18(9-10)12(6-3)15(21)17-11(5-2)14(16)20/h10-12H,4-9H2,1-3H3,(H2,16,20)(H,17,21)/t10-,11+,12-/m1/s1. The van der Waals surface area contributed by atoms with Gasteiger partial charge in [-0.1, -0.05) is 27.2 Å². The second-order valence-corrected chi connectivity index (χ2v) is 5.70. The van der Waals surface area contributed by atoms with E-state index in [2.05, 4.69) is 12.2 Å². The molecule has 1 rings (SSSR count). The van der Waals surface area contributed by atoms with Crippen molar-refractivity contribution in [2.45, 2.75) is 65.0 Å². The van der Waals surface area contributed by atoms with E-state index in [0.29, 0.717) is 31.7 Å². The number of likely N-dealkylation sites (tertiary alicyclic amines) is 1. The molecule has 21 heavy (non-hydrogen) atoms. The number of amides is 3. The Bertz CT molecular complexity index is 398. The van der Waals surface area contributed by atoms with Crippen molar-refractivity contribution in [2.75, 3.05) is 6.54 Å². The molecule has 1 aliphatic rings. The van der Waals surface area contributed by atoms with Gasteiger partial charge in [0, 0.05) is 13.0 Å². The van der Waals surface area contributed by atoms with Gasteiger partial charge in [0.25, 0.3) is 0 Å². The maximum Gasteiger partial charge on any atom is 0.243 e. The fraction of sp³-hybridized carbons (Fsp3) is 0.800. The summed E-state index contributed by atoms with van der Waals surface area (Å²) in [6, 6.07) is -1.18. The SMILES string of the molecule is CCC[C@@H]1CC(=O)N([C@H](CC)C(=O)N[C@@H](CC)C(N)=O)C1. The molecule has 1 fully saturated rings. The van der Waals surface area contributed by atoms with E-state index in [1.807, 2.05) is 6.92 Å². The minimum Gasteiger partial charge on any atom is -0.368 e. The molecule has 1 aliphatic heterocycles. The van der Waals surface area contributed by atoms with E-state index < -0.39 is 18.0 Å². The molecule has 3 amide bonds. The summed E-state index contributed by atoms with van der Waals surface area (Å²) in [5, 5.41) is 2.65. The smallest absolute Gasteiger partial charge is 0.243 e. The fourth-order valence-electron chi connectivity index (χ4n) is 2.90. The first-order chi connectivity index (χ1) is 9.94. The van der Waals surface area contributed by atoms with Crippen molar-refractivity contribution < 1.29 is 14.4 Å². The fourth-order valence-corrected chi connectivity index (χ4v) is 2.90. The number of rotatable bonds is 8. The minimum atomic E-state index is -0.671. The first-order valence-electron chi connectivity index (χ1n) is 7.83. The van der Waals surface area contributed by atoms with Crippen LogP contribution in [0, 0.1) is 5.92 Å². The number of nitrogens with zero attached hydrogens (tertiary/aromatic N) is 1. The van der Waals surface area contributed by atoms with Gasteiger partial charge < -0.3 is 16.0 Å². The molecule has 0 radical (unpaired) electrons. The van der Waals surface area contributed by atoms with Crippen molar-refractivity contribution in [1.82, 2.24) is 10.2 Å². The van der Waals surface area contributed by atoms with Gasteiger partial charge in [-0.15, -0.1) is 0 Å². The van der Waals surface area contributed by atoms with Crippen molar-refractivity contribution in [2.24, 2.45) is 11.7 Å². The van der Waals surface area contributed by atoms with E-state index in [4.69, 9.17) is 5.73 Å². The van der Waals surface area contributed by atoms with Crippen LogP contribution in [0.4, 0.5) is 0 Å². The lowest BCUT2D eigenvalue weighted by Gasteiger charge is -2.27. The van der Waals surface area contributed by atoms with Gasteiger partial charge in [0.2, 0.25) is 17.7 Å². The first-order valence-corrected chi connectivity index (χ1v) is 7.83. The molecule has 6 nitrogen and oxygen atoms in total. The highest BCUT2D eigenvalue weighted by molar-refractivity contribution is 5.92. The van der Waals surface area contributed by atoms with Crippen LogP contribution in [0.15, 0.2) is 0 Å². The molecule has 0 saturated carbocycles. The van der Waals surface area contributed by atoms with Crippen LogP contribution in [0.2, 0.25) is 0 Å². The van der Waals surface area contributed by atoms with Crippen LogP contribution >= 0.6 is 0 Å². The van der Waals surface area contributed by atoms with Gasteiger partial charge in [0.1, 0.15) is 12.1 Å². The highest BCUT2D eigenvalue weighted by atomic mass is 16.2. The number of carbonyl (C=O) groups excluding carboxylic acids is 3. The van der Waals surface area contributed by atoms with Crippen molar-refractivity contribution in [1.29, 1.82) is 0 Å². The van der Waals surface area contributed by atoms with Crippen LogP contribution in [0.3, 0.4) is 0 Å². The number of carbonyl (C=O) groups is 3. The summed E-state index contributed by atoms with van der Waals surface area (Å²) in [5.41, 5.74) is 5.25. The Kier molecular flexibility index (Phi) is 6.65. The summed E-state index contributed by atoms with van der Waals surface area (Å²) in [7, 11) is 0. The normalized spacial score (nSPS) is 21.2. The molecule has 0 aromatic heterocycles. The van der Waals surface area contributed by atoms with E-state index in [1.165, 1.54) is 0 Å². The molecule has 0 spiro atoms. The maximum absolute atomic E-state index is 12.3. The third-order valence-corrected chi connectivity index (χ3v) is 4.07. The van der Waals surface area contributed by atoms with Crippen molar-refractivity contribution >= 4 is 17.7 Å². The molecule has 1 saturated heterocycles. The minimum absolute atomic E-state index is 0.0302. The second kappa shape index (κ2) is 8.00. The van der Waals surface area contributed by atoms with Crippen LogP contribution in [0.25, 0.3) is 0 Å². The molecule has 3 atom stereocenters. The summed E-state index contributed by atoms with van der Waals surface area (Å²) in [5.74, 6) is -0.462. The number of nitrogens with two attached hydrogens (primary N) is 1. The lowest BCUT2D eigenvalue weighted by atomic mass is 10.0. The largest absolute Gasteiger partial charge is 0.368 e. The zero-order valence-corrected chi connectivity index (χ0v) is 13.2. The van der Waals surface area contributed by atoms with E-state index in [0.717, 1.165) is 12.8 Å². The van der Waals surface area contributed by atoms with Crippen LogP contribution in [0.5, 0.6) is 0 Å². The Morgan fingerprint density at radius 3 is 2.48 bits per heavy atom. The van der Waals surface area contributed by atoms with E-state index in [9.17, 15) is 14.4 Å². The molecule has 0 bridgehead atoms. The van der Waals surface area contributed by atoms with Gasteiger partial charge in [0.15, 0.2) is 0 Å². The molecular formula is C15H27N3O3. The molecule has 0 aliphatic carbocycles. The molecular weight excluding hydrogens is 270 g/mol. The molecule has 1 heterocycles. The Morgan fingerprint density at radius 2 is 2.00 bits per heavy atom. The first kappa shape index (κ1) is 17.5. The van der Waals surface area contributed by atoms with Gasteiger partial charge in [-0.25, -0.2) is 0 Å². The number of hydrogen-bond donors (Lipinski definition) is 2. The molecule has 0 aromatic carbocycles. The highest BCUT2D eigenvalue weighted by Gasteiger charge is 2.36. The average molecular weight is 297 g/mol. The molecule has 0 unspecified atom stereocenters. The molecule has 0 aromatic rings. The monoisotopic (exact) mass is 297 g/mol. The van der Waals surface area contributed by atoms with E-state index >= 15 is 0 Å². The van der Waals surface area contributed by atoms with Gasteiger partial charge in [0.05, 0.1) is 0 Å². The van der Waals surface area contributed by atoms with Crippen LogP contribution in [0.1, 0.15) is 52.9 Å². The summed E-state index contributed by atoms with van der Waals surface area (Å²) >= 11 is 0. The van der Waals surface area contributed by atoms with Gasteiger partial charge in [-0.05, 0) is 25.2 Å². The number of hydrogen-bond acceptors (Lipinski definition) is 3. The van der Waals surface area contributed by atoms with E-state index in [1.54, 1.807) is 11.8 Å². The lowest BCUT2D eigenvalue weighted by Crippen LogP contribution is -2.53. The Labute approximate surface area is 126 Å². The third kappa shape index (κ3) is 4.44. The topological polar surface area (TPSA) is 92.5 Å². The second-order valence-electron chi connectivity index (χ2n) is 5.70. The van der Waals surface area contributed by atoms with Crippen LogP contribution in [-0.2, 0) is 14.4 Å². The van der Waals surface area contributed by atoms with Gasteiger partial charge in [-0.3, -0.25) is 14.4 Å². The Hall–Kier alpha value is -1.59. The predicted molar refractivity (Wildman–Crippen MR) is 80.2 cm³/mol. The third-order valence-electron chi connectivity index (χ3n) is 4.07. The van der Waals surface area contributed by atoms with Crippen molar-refractivity contribution in [3.05, 3.63) is 0 Å². The Morgan fingerprint density at radius 1 is 1.33 bits per heavy atom.